The Hall–Kier alpha value is -3.16. The molecule has 8 heteroatoms. The average molecular weight is 387 g/mol. The van der Waals surface area contributed by atoms with E-state index in [-0.39, 0.29) is 23.6 Å². The Morgan fingerprint density at radius 2 is 1.93 bits per heavy atom. The van der Waals surface area contributed by atoms with E-state index in [0.29, 0.717) is 11.3 Å². The van der Waals surface area contributed by atoms with Crippen LogP contribution in [-0.2, 0) is 6.61 Å². The first-order valence-corrected chi connectivity index (χ1v) is 9.02. The number of anilines is 1. The molecule has 146 valence electrons. The number of imidazole rings is 1. The molecule has 0 spiro atoms. The predicted molar refractivity (Wildman–Crippen MR) is 99.0 cm³/mol. The highest BCUT2D eigenvalue weighted by Gasteiger charge is 2.22. The third-order valence-corrected chi connectivity index (χ3v) is 4.95. The van der Waals surface area contributed by atoms with Crippen molar-refractivity contribution < 1.29 is 23.4 Å². The van der Waals surface area contributed by atoms with Gasteiger partial charge < -0.3 is 14.7 Å². The average Bonchev–Trinajstić information content (AvgIpc) is 3.28. The summed E-state index contributed by atoms with van der Waals surface area (Å²) < 4.78 is 35.1. The molecule has 2 aromatic heterocycles. The van der Waals surface area contributed by atoms with Gasteiger partial charge in [0, 0.05) is 25.4 Å². The maximum absolute atomic E-state index is 13.9. The van der Waals surface area contributed by atoms with Gasteiger partial charge in [0.2, 0.25) is 0 Å². The van der Waals surface area contributed by atoms with Crippen molar-refractivity contribution in [2.75, 3.05) is 18.0 Å². The van der Waals surface area contributed by atoms with E-state index >= 15 is 0 Å². The van der Waals surface area contributed by atoms with Gasteiger partial charge >= 0.3 is 5.97 Å². The number of ether oxygens (including phenoxy) is 1. The van der Waals surface area contributed by atoms with E-state index in [2.05, 4.69) is 9.88 Å². The van der Waals surface area contributed by atoms with Crippen LogP contribution < -0.4 is 9.64 Å². The minimum absolute atomic E-state index is 0.0398. The Bertz CT molecular complexity index is 1040. The Morgan fingerprint density at radius 3 is 2.57 bits per heavy atom. The number of benzene rings is 1. The predicted octanol–water partition coefficient (Wildman–Crippen LogP) is 3.80. The lowest BCUT2D eigenvalue weighted by atomic mass is 10.2. The highest BCUT2D eigenvalue weighted by molar-refractivity contribution is 5.89. The van der Waals surface area contributed by atoms with Crippen molar-refractivity contribution in [1.82, 2.24) is 9.38 Å². The van der Waals surface area contributed by atoms with Gasteiger partial charge in [-0.1, -0.05) is 6.07 Å². The number of fused-ring (bicyclic) bond motifs is 1. The van der Waals surface area contributed by atoms with Gasteiger partial charge in [-0.05, 0) is 31.9 Å². The highest BCUT2D eigenvalue weighted by atomic mass is 19.1. The Morgan fingerprint density at radius 1 is 1.25 bits per heavy atom. The fourth-order valence-corrected chi connectivity index (χ4v) is 3.55. The van der Waals surface area contributed by atoms with Crippen molar-refractivity contribution in [3.8, 4) is 5.75 Å². The smallest absolute Gasteiger partial charge is 0.354 e. The summed E-state index contributed by atoms with van der Waals surface area (Å²) in [5.41, 5.74) is 1.28. The molecule has 3 aromatic rings. The Labute approximate surface area is 160 Å². The standard InChI is InChI=1S/C20H19F2N3O3/c1-12-18(20(26)27)25-10-13(24-7-2-3-8-24)9-17(19(25)23-12)28-11-14-15(21)5-4-6-16(14)22/h4-6,9-10H,2-3,7-8,11H2,1H3,(H,26,27). The van der Waals surface area contributed by atoms with Gasteiger partial charge in [-0.15, -0.1) is 0 Å². The molecule has 1 fully saturated rings. The molecule has 6 nitrogen and oxygen atoms in total. The van der Waals surface area contributed by atoms with Gasteiger partial charge in [-0.25, -0.2) is 18.6 Å². The number of hydrogen-bond donors (Lipinski definition) is 1. The second kappa shape index (κ2) is 7.10. The lowest BCUT2D eigenvalue weighted by Gasteiger charge is -2.19. The summed E-state index contributed by atoms with van der Waals surface area (Å²) in [6.07, 6.45) is 3.81. The number of carboxylic acid groups (broad SMARTS) is 1. The van der Waals surface area contributed by atoms with E-state index in [1.807, 2.05) is 0 Å². The Kier molecular flexibility index (Phi) is 4.62. The summed E-state index contributed by atoms with van der Waals surface area (Å²) in [5, 5.41) is 9.57. The van der Waals surface area contributed by atoms with Crippen LogP contribution in [0.1, 0.15) is 34.6 Å². The maximum atomic E-state index is 13.9. The monoisotopic (exact) mass is 387 g/mol. The second-order valence-corrected chi connectivity index (χ2v) is 6.79. The summed E-state index contributed by atoms with van der Waals surface area (Å²) in [4.78, 5) is 18.1. The van der Waals surface area contributed by atoms with E-state index < -0.39 is 17.6 Å². The number of nitrogens with zero attached hydrogens (tertiary/aromatic N) is 3. The highest BCUT2D eigenvalue weighted by Crippen LogP contribution is 2.31. The number of rotatable bonds is 5. The third-order valence-electron chi connectivity index (χ3n) is 4.95. The van der Waals surface area contributed by atoms with Crippen LogP contribution in [0, 0.1) is 18.6 Å². The molecule has 0 saturated carbocycles. The van der Waals surface area contributed by atoms with Crippen molar-refractivity contribution in [1.29, 1.82) is 0 Å². The van der Waals surface area contributed by atoms with Crippen LogP contribution in [0.15, 0.2) is 30.5 Å². The molecule has 0 unspecified atom stereocenters. The molecule has 1 aromatic carbocycles. The fourth-order valence-electron chi connectivity index (χ4n) is 3.55. The van der Waals surface area contributed by atoms with Crippen LogP contribution in [0.3, 0.4) is 0 Å². The minimum atomic E-state index is -1.10. The van der Waals surface area contributed by atoms with Gasteiger partial charge in [0.15, 0.2) is 17.1 Å². The number of pyridine rings is 1. The molecule has 0 aliphatic carbocycles. The van der Waals surface area contributed by atoms with E-state index in [4.69, 9.17) is 4.74 Å². The first-order chi connectivity index (χ1) is 13.5. The van der Waals surface area contributed by atoms with E-state index in [1.54, 1.807) is 19.2 Å². The molecule has 3 heterocycles. The van der Waals surface area contributed by atoms with Crippen LogP contribution in [0.5, 0.6) is 5.75 Å². The van der Waals surface area contributed by atoms with Gasteiger partial charge in [-0.2, -0.15) is 0 Å². The second-order valence-electron chi connectivity index (χ2n) is 6.79. The summed E-state index contributed by atoms with van der Waals surface area (Å²) in [6.45, 7) is 2.98. The topological polar surface area (TPSA) is 67.1 Å². The van der Waals surface area contributed by atoms with Crippen molar-refractivity contribution >= 4 is 17.3 Å². The molecular formula is C20H19F2N3O3. The Balaban J connectivity index is 1.79. The van der Waals surface area contributed by atoms with Crippen molar-refractivity contribution in [3.63, 3.8) is 0 Å². The molecule has 1 saturated heterocycles. The van der Waals surface area contributed by atoms with Crippen LogP contribution >= 0.6 is 0 Å². The van der Waals surface area contributed by atoms with E-state index in [1.165, 1.54) is 22.6 Å². The SMILES string of the molecule is Cc1nc2c(OCc3c(F)cccc3F)cc(N3CCCC3)cn2c1C(=O)O. The quantitative estimate of drug-likeness (QED) is 0.721. The van der Waals surface area contributed by atoms with Crippen molar-refractivity contribution in [2.45, 2.75) is 26.4 Å². The molecule has 1 aliphatic rings. The molecule has 0 atom stereocenters. The number of aryl methyl sites for hydroxylation is 1. The van der Waals surface area contributed by atoms with Gasteiger partial charge in [0.25, 0.3) is 0 Å². The van der Waals surface area contributed by atoms with Gasteiger partial charge in [-0.3, -0.25) is 4.40 Å². The van der Waals surface area contributed by atoms with E-state index in [9.17, 15) is 18.7 Å². The lowest BCUT2D eigenvalue weighted by Crippen LogP contribution is -2.18. The largest absolute Gasteiger partial charge is 0.485 e. The third kappa shape index (κ3) is 3.15. The van der Waals surface area contributed by atoms with Gasteiger partial charge in [0.1, 0.15) is 18.2 Å². The maximum Gasteiger partial charge on any atom is 0.354 e. The number of aromatic nitrogens is 2. The molecule has 4 rings (SSSR count). The number of carboxylic acids is 1. The zero-order valence-electron chi connectivity index (χ0n) is 15.3. The summed E-state index contributed by atoms with van der Waals surface area (Å²) in [7, 11) is 0. The first-order valence-electron chi connectivity index (χ1n) is 9.02. The van der Waals surface area contributed by atoms with Gasteiger partial charge in [0.05, 0.1) is 16.9 Å². The molecule has 0 radical (unpaired) electrons. The first kappa shape index (κ1) is 18.2. The number of aromatic carboxylic acids is 1. The minimum Gasteiger partial charge on any atom is -0.485 e. The zero-order chi connectivity index (χ0) is 19.8. The molecule has 1 N–H and O–H groups in total. The van der Waals surface area contributed by atoms with Crippen molar-refractivity contribution in [3.05, 3.63) is 59.0 Å². The summed E-state index contributed by atoms with van der Waals surface area (Å²) >= 11 is 0. The number of hydrogen-bond acceptors (Lipinski definition) is 4. The van der Waals surface area contributed by atoms with Crippen LogP contribution in [0.4, 0.5) is 14.5 Å². The lowest BCUT2D eigenvalue weighted by molar-refractivity contribution is 0.0688. The van der Waals surface area contributed by atoms with Crippen molar-refractivity contribution in [2.24, 2.45) is 0 Å². The number of halogens is 2. The fraction of sp³-hybridized carbons (Fsp3) is 0.300. The molecular weight excluding hydrogens is 368 g/mol. The molecule has 1 aliphatic heterocycles. The molecule has 0 bridgehead atoms. The summed E-state index contributed by atoms with van der Waals surface area (Å²) in [6, 6.07) is 5.37. The van der Waals surface area contributed by atoms with Crippen LogP contribution in [-0.4, -0.2) is 33.6 Å². The molecule has 0 amide bonds. The zero-order valence-corrected chi connectivity index (χ0v) is 15.3. The number of carbonyl (C=O) groups is 1. The molecule has 28 heavy (non-hydrogen) atoms. The normalized spacial score (nSPS) is 14.0. The summed E-state index contributed by atoms with van der Waals surface area (Å²) in [5.74, 6) is -2.22. The van der Waals surface area contributed by atoms with E-state index in [0.717, 1.165) is 31.6 Å². The van der Waals surface area contributed by atoms with Crippen LogP contribution in [0.2, 0.25) is 0 Å². The van der Waals surface area contributed by atoms with Crippen LogP contribution in [0.25, 0.3) is 5.65 Å².